The second-order valence-electron chi connectivity index (χ2n) is 3.86. The molecule has 1 aromatic carbocycles. The molecule has 0 aromatic heterocycles. The van der Waals surface area contributed by atoms with E-state index in [1.165, 1.54) is 0 Å². The number of rotatable bonds is 8. The first-order valence-corrected chi connectivity index (χ1v) is 9.78. The Balaban J connectivity index is 2.86. The minimum absolute atomic E-state index is 0.271. The second-order valence-corrected chi connectivity index (χ2v) is 8.45. The molecule has 0 aliphatic heterocycles. The molecule has 110 valence electrons. The maximum Gasteiger partial charge on any atom is 0.390 e. The van der Waals surface area contributed by atoms with Crippen LogP contribution in [0.2, 0.25) is 5.02 Å². The molecule has 1 rings (SSSR count). The molecule has 1 aromatic rings. The van der Waals surface area contributed by atoms with Gasteiger partial charge in [-0.25, -0.2) is 4.57 Å². The molecule has 0 fully saturated rings. The van der Waals surface area contributed by atoms with Crippen LogP contribution in [-0.2, 0) is 13.6 Å². The number of nitriles is 1. The molecular formula is C13H17ClNO3PS. The van der Waals surface area contributed by atoms with E-state index in [-0.39, 0.29) is 6.61 Å². The maximum absolute atomic E-state index is 12.5. The van der Waals surface area contributed by atoms with Crippen molar-refractivity contribution in [2.75, 3.05) is 12.4 Å². The molecule has 20 heavy (non-hydrogen) atoms. The summed E-state index contributed by atoms with van der Waals surface area (Å²) in [4.78, 5) is 0. The van der Waals surface area contributed by atoms with E-state index < -0.39 is 12.9 Å². The van der Waals surface area contributed by atoms with Crippen LogP contribution in [0.4, 0.5) is 0 Å². The van der Waals surface area contributed by atoms with Crippen molar-refractivity contribution in [3.63, 3.8) is 0 Å². The first-order valence-electron chi connectivity index (χ1n) is 6.27. The highest BCUT2D eigenvalue weighted by Gasteiger charge is 2.30. The Labute approximate surface area is 128 Å². The molecule has 0 amide bonds. The molecule has 0 radical (unpaired) electrons. The lowest BCUT2D eigenvalue weighted by Crippen LogP contribution is -2.02. The van der Waals surface area contributed by atoms with Crippen molar-refractivity contribution < 1.29 is 13.6 Å². The number of hydrogen-bond acceptors (Lipinski definition) is 5. The molecule has 0 aliphatic rings. The molecule has 4 nitrogen and oxygen atoms in total. The van der Waals surface area contributed by atoms with Crippen LogP contribution in [0.25, 0.3) is 0 Å². The third kappa shape index (κ3) is 5.47. The van der Waals surface area contributed by atoms with Crippen LogP contribution < -0.4 is 0 Å². The van der Waals surface area contributed by atoms with Crippen LogP contribution in [0.3, 0.4) is 0 Å². The first-order chi connectivity index (χ1) is 9.54. The van der Waals surface area contributed by atoms with Gasteiger partial charge in [-0.15, -0.1) is 0 Å². The summed E-state index contributed by atoms with van der Waals surface area (Å²) in [7, 11) is 0. The van der Waals surface area contributed by atoms with Gasteiger partial charge in [0.1, 0.15) is 0 Å². The van der Waals surface area contributed by atoms with Crippen molar-refractivity contribution >= 4 is 29.8 Å². The van der Waals surface area contributed by atoms with Crippen molar-refractivity contribution in [1.29, 1.82) is 5.26 Å². The molecule has 7 heteroatoms. The minimum atomic E-state index is -3.32. The molecule has 0 heterocycles. The van der Waals surface area contributed by atoms with Crippen molar-refractivity contribution in [1.82, 2.24) is 0 Å². The lowest BCUT2D eigenvalue weighted by molar-refractivity contribution is 0.198. The fraction of sp³-hybridized carbons (Fsp3) is 0.462. The van der Waals surface area contributed by atoms with Crippen LogP contribution >= 0.6 is 29.8 Å². The highest BCUT2D eigenvalue weighted by atomic mass is 35.5. The van der Waals surface area contributed by atoms with Gasteiger partial charge in [-0.1, -0.05) is 30.7 Å². The average Bonchev–Trinajstić information content (AvgIpc) is 2.44. The summed E-state index contributed by atoms with van der Waals surface area (Å²) in [6.07, 6.45) is -0.0857. The average molecular weight is 334 g/mol. The molecule has 2 unspecified atom stereocenters. The van der Waals surface area contributed by atoms with Crippen molar-refractivity contribution in [3.05, 3.63) is 34.9 Å². The van der Waals surface area contributed by atoms with Crippen LogP contribution in [-0.4, -0.2) is 12.4 Å². The number of benzene rings is 1. The van der Waals surface area contributed by atoms with E-state index in [1.807, 2.05) is 13.0 Å². The SMILES string of the molecule is CCCSP(=O)(OCC)OC(C#N)c1ccc(Cl)cc1. The van der Waals surface area contributed by atoms with Gasteiger partial charge in [0.05, 0.1) is 12.7 Å². The van der Waals surface area contributed by atoms with E-state index in [1.54, 1.807) is 31.2 Å². The molecule has 0 spiro atoms. The van der Waals surface area contributed by atoms with Crippen LogP contribution in [0.15, 0.2) is 24.3 Å². The summed E-state index contributed by atoms with van der Waals surface area (Å²) in [5.74, 6) is 0.649. The van der Waals surface area contributed by atoms with E-state index in [9.17, 15) is 9.83 Å². The van der Waals surface area contributed by atoms with Crippen LogP contribution in [0.5, 0.6) is 0 Å². The van der Waals surface area contributed by atoms with Crippen molar-refractivity contribution in [2.45, 2.75) is 26.4 Å². The standard InChI is InChI=1S/C13H17ClNO3PS/c1-3-9-20-19(16,17-4-2)18-13(10-15)11-5-7-12(14)8-6-11/h5-8,13H,3-4,9H2,1-2H3. The Kier molecular flexibility index (Phi) is 7.65. The Hall–Kier alpha value is -0.500. The minimum Gasteiger partial charge on any atom is -0.301 e. The van der Waals surface area contributed by atoms with E-state index in [4.69, 9.17) is 20.6 Å². The van der Waals surface area contributed by atoms with Crippen LogP contribution in [0, 0.1) is 11.3 Å². The van der Waals surface area contributed by atoms with Gasteiger partial charge >= 0.3 is 6.80 Å². The Bertz CT molecular complexity index is 503. The normalized spacial score (nSPS) is 15.3. The summed E-state index contributed by atoms with van der Waals surface area (Å²) in [5.41, 5.74) is 0.605. The smallest absolute Gasteiger partial charge is 0.301 e. The molecule has 0 saturated carbocycles. The molecule has 0 aliphatic carbocycles. The van der Waals surface area contributed by atoms with Crippen molar-refractivity contribution in [2.24, 2.45) is 0 Å². The molecule has 0 N–H and O–H groups in total. The third-order valence-corrected chi connectivity index (χ3v) is 6.54. The molecule has 0 saturated heterocycles. The quantitative estimate of drug-likeness (QED) is 0.611. The highest BCUT2D eigenvalue weighted by molar-refractivity contribution is 8.55. The second kappa shape index (κ2) is 8.71. The predicted molar refractivity (Wildman–Crippen MR) is 82.9 cm³/mol. The number of nitrogens with zero attached hydrogens (tertiary/aromatic N) is 1. The fourth-order valence-electron chi connectivity index (χ4n) is 1.38. The van der Waals surface area contributed by atoms with Gasteiger partial charge in [-0.2, -0.15) is 5.26 Å². The summed E-state index contributed by atoms with van der Waals surface area (Å²) in [5, 5.41) is 9.78. The monoisotopic (exact) mass is 333 g/mol. The summed E-state index contributed by atoms with van der Waals surface area (Å²) in [6, 6.07) is 8.68. The zero-order chi connectivity index (χ0) is 15.0. The predicted octanol–water partition coefficient (Wildman–Crippen LogP) is 5.21. The summed E-state index contributed by atoms with van der Waals surface area (Å²) >= 11 is 6.93. The molecular weight excluding hydrogens is 317 g/mol. The van der Waals surface area contributed by atoms with E-state index in [0.717, 1.165) is 17.8 Å². The first kappa shape index (κ1) is 17.6. The largest absolute Gasteiger partial charge is 0.390 e. The summed E-state index contributed by atoms with van der Waals surface area (Å²) in [6.45, 7) is 0.665. The number of hydrogen-bond donors (Lipinski definition) is 0. The van der Waals surface area contributed by atoms with Crippen LogP contribution in [0.1, 0.15) is 31.9 Å². The van der Waals surface area contributed by atoms with Gasteiger partial charge in [0, 0.05) is 10.8 Å². The zero-order valence-corrected chi connectivity index (χ0v) is 13.9. The zero-order valence-electron chi connectivity index (χ0n) is 11.4. The topological polar surface area (TPSA) is 59.3 Å². The van der Waals surface area contributed by atoms with Crippen molar-refractivity contribution in [3.8, 4) is 6.07 Å². The lowest BCUT2D eigenvalue weighted by Gasteiger charge is -2.19. The van der Waals surface area contributed by atoms with E-state index >= 15 is 0 Å². The maximum atomic E-state index is 12.5. The Morgan fingerprint density at radius 1 is 1.40 bits per heavy atom. The molecule has 0 bridgehead atoms. The van der Waals surface area contributed by atoms with Gasteiger partial charge in [0.2, 0.25) is 0 Å². The fourth-order valence-corrected chi connectivity index (χ4v) is 5.06. The van der Waals surface area contributed by atoms with Gasteiger partial charge < -0.3 is 4.52 Å². The number of halogens is 1. The summed E-state index contributed by atoms with van der Waals surface area (Å²) < 4.78 is 23.2. The Morgan fingerprint density at radius 2 is 2.05 bits per heavy atom. The van der Waals surface area contributed by atoms with Gasteiger partial charge in [-0.3, -0.25) is 4.52 Å². The highest BCUT2D eigenvalue weighted by Crippen LogP contribution is 2.63. The van der Waals surface area contributed by atoms with Gasteiger partial charge in [0.15, 0.2) is 6.10 Å². The third-order valence-electron chi connectivity index (χ3n) is 2.27. The Morgan fingerprint density at radius 3 is 2.55 bits per heavy atom. The van der Waals surface area contributed by atoms with E-state index in [2.05, 4.69) is 0 Å². The van der Waals surface area contributed by atoms with Gasteiger partial charge in [0.25, 0.3) is 0 Å². The van der Waals surface area contributed by atoms with E-state index in [0.29, 0.717) is 16.3 Å². The lowest BCUT2D eigenvalue weighted by atomic mass is 10.1. The molecule has 2 atom stereocenters. The van der Waals surface area contributed by atoms with Gasteiger partial charge in [-0.05, 0) is 42.4 Å².